The van der Waals surface area contributed by atoms with E-state index in [1.165, 1.54) is 29.2 Å². The number of benzene rings is 3. The number of pyridine rings is 1. The van der Waals surface area contributed by atoms with Crippen LogP contribution in [0.2, 0.25) is 0 Å². The first-order chi connectivity index (χ1) is 22.0. The van der Waals surface area contributed by atoms with Crippen LogP contribution in [0, 0.1) is 11.7 Å². The highest BCUT2D eigenvalue weighted by molar-refractivity contribution is 7.91. The smallest absolute Gasteiger partial charge is 0.250 e. The van der Waals surface area contributed by atoms with Crippen LogP contribution >= 0.6 is 0 Å². The van der Waals surface area contributed by atoms with Crippen molar-refractivity contribution in [2.24, 2.45) is 5.92 Å². The summed E-state index contributed by atoms with van der Waals surface area (Å²) >= 11 is 0. The molecule has 1 aliphatic rings. The number of ether oxygens (including phenoxy) is 1. The Morgan fingerprint density at radius 3 is 2.59 bits per heavy atom. The second kappa shape index (κ2) is 13.3. The molecule has 2 amide bonds. The average molecular weight is 648 g/mol. The predicted octanol–water partition coefficient (Wildman–Crippen LogP) is 4.98. The number of nitrogens with one attached hydrogen (secondary N) is 1. The van der Waals surface area contributed by atoms with E-state index in [4.69, 9.17) is 10.5 Å². The van der Waals surface area contributed by atoms with Crippen LogP contribution in [0.1, 0.15) is 43.5 Å². The fourth-order valence-electron chi connectivity index (χ4n) is 6.05. The van der Waals surface area contributed by atoms with Crippen LogP contribution in [0.3, 0.4) is 0 Å². The van der Waals surface area contributed by atoms with Gasteiger partial charge in [0.25, 0.3) is 0 Å². The molecule has 1 aliphatic heterocycles. The van der Waals surface area contributed by atoms with Crippen molar-refractivity contribution < 1.29 is 27.1 Å². The number of nitrogens with two attached hydrogens (primary N) is 1. The van der Waals surface area contributed by atoms with Gasteiger partial charge in [0.1, 0.15) is 11.9 Å². The summed E-state index contributed by atoms with van der Waals surface area (Å²) < 4.78 is 46.7. The molecule has 5 rings (SSSR count). The van der Waals surface area contributed by atoms with Gasteiger partial charge in [-0.15, -0.1) is 0 Å². The molecule has 12 heteroatoms. The van der Waals surface area contributed by atoms with Gasteiger partial charge < -0.3 is 25.6 Å². The van der Waals surface area contributed by atoms with Crippen molar-refractivity contribution in [2.75, 3.05) is 44.1 Å². The number of likely N-dealkylation sites (tertiary alicyclic amines) is 1. The van der Waals surface area contributed by atoms with Gasteiger partial charge in [-0.3, -0.25) is 9.59 Å². The van der Waals surface area contributed by atoms with Crippen LogP contribution in [0.25, 0.3) is 10.8 Å². The summed E-state index contributed by atoms with van der Waals surface area (Å²) in [6, 6.07) is 16.1. The minimum atomic E-state index is -3.70. The van der Waals surface area contributed by atoms with Crippen LogP contribution < -0.4 is 15.8 Å². The van der Waals surface area contributed by atoms with Crippen molar-refractivity contribution in [3.05, 3.63) is 89.9 Å². The normalized spacial score (nSPS) is 17.1. The Morgan fingerprint density at radius 2 is 1.87 bits per heavy atom. The molecule has 0 spiro atoms. The molecule has 10 nitrogen and oxygen atoms in total. The molecule has 1 aromatic heterocycles. The molecule has 3 N–H and O–H groups in total. The van der Waals surface area contributed by atoms with Crippen LogP contribution in [-0.4, -0.2) is 68.0 Å². The number of carbonyl (C=O) groups is 2. The lowest BCUT2D eigenvalue weighted by atomic mass is 9.92. The summed E-state index contributed by atoms with van der Waals surface area (Å²) in [7, 11) is -0.424. The molecule has 242 valence electrons. The molecule has 0 saturated carbocycles. The van der Waals surface area contributed by atoms with Crippen molar-refractivity contribution in [1.82, 2.24) is 14.8 Å². The Labute approximate surface area is 268 Å². The number of carbonyl (C=O) groups excluding carboxylic acids is 2. The van der Waals surface area contributed by atoms with Gasteiger partial charge >= 0.3 is 0 Å². The van der Waals surface area contributed by atoms with Gasteiger partial charge in [0, 0.05) is 37.9 Å². The molecule has 0 aliphatic carbocycles. The number of sulfone groups is 1. The SMILES string of the molecule is CCOc1cc(C(Nc2ccc3c(N)nccc3c2)C(=O)N2CC[C@H](C(=O)N(C)C)[C@@H]2c2ccccc2S(=O)(=O)CC)ccc1F. The fourth-order valence-corrected chi connectivity index (χ4v) is 7.20. The van der Waals surface area contributed by atoms with Gasteiger partial charge in [0.05, 0.1) is 29.2 Å². The Kier molecular flexibility index (Phi) is 9.47. The van der Waals surface area contributed by atoms with E-state index < -0.39 is 39.6 Å². The largest absolute Gasteiger partial charge is 0.491 e. The highest BCUT2D eigenvalue weighted by atomic mass is 32.2. The highest BCUT2D eigenvalue weighted by Crippen LogP contribution is 2.43. The molecule has 1 saturated heterocycles. The monoisotopic (exact) mass is 647 g/mol. The van der Waals surface area contributed by atoms with Crippen molar-refractivity contribution in [3.8, 4) is 5.75 Å². The number of nitrogen functional groups attached to an aromatic ring is 1. The maximum atomic E-state index is 14.8. The van der Waals surface area contributed by atoms with E-state index in [1.54, 1.807) is 75.4 Å². The predicted molar refractivity (Wildman–Crippen MR) is 176 cm³/mol. The number of hydrogen-bond donors (Lipinski definition) is 2. The Morgan fingerprint density at radius 1 is 1.11 bits per heavy atom. The second-order valence-corrected chi connectivity index (χ2v) is 13.6. The molecular formula is C34H38FN5O5S. The minimum absolute atomic E-state index is 0.00465. The van der Waals surface area contributed by atoms with E-state index in [-0.39, 0.29) is 35.5 Å². The van der Waals surface area contributed by atoms with Crippen LogP contribution in [0.4, 0.5) is 15.9 Å². The topological polar surface area (TPSA) is 135 Å². The molecule has 1 fully saturated rings. The number of aromatic nitrogens is 1. The Balaban J connectivity index is 1.64. The molecule has 0 radical (unpaired) electrons. The van der Waals surface area contributed by atoms with Crippen LogP contribution in [0.5, 0.6) is 5.75 Å². The summed E-state index contributed by atoms with van der Waals surface area (Å²) in [6.45, 7) is 3.72. The number of hydrogen-bond acceptors (Lipinski definition) is 8. The zero-order valence-electron chi connectivity index (χ0n) is 26.2. The van der Waals surface area contributed by atoms with Gasteiger partial charge in [0.2, 0.25) is 11.8 Å². The maximum Gasteiger partial charge on any atom is 0.250 e. The van der Waals surface area contributed by atoms with Crippen LogP contribution in [-0.2, 0) is 19.4 Å². The summed E-state index contributed by atoms with van der Waals surface area (Å²) in [5, 5.41) is 4.87. The zero-order chi connectivity index (χ0) is 33.2. The number of rotatable bonds is 10. The molecule has 0 bridgehead atoms. The van der Waals surface area contributed by atoms with Gasteiger partial charge in [-0.2, -0.15) is 0 Å². The van der Waals surface area contributed by atoms with Crippen molar-refractivity contribution in [1.29, 1.82) is 0 Å². The Bertz CT molecular complexity index is 1880. The second-order valence-electron chi connectivity index (χ2n) is 11.4. The summed E-state index contributed by atoms with van der Waals surface area (Å²) in [5.74, 6) is -1.65. The molecule has 46 heavy (non-hydrogen) atoms. The zero-order valence-corrected chi connectivity index (χ0v) is 27.1. The average Bonchev–Trinajstić information content (AvgIpc) is 3.49. The third-order valence-electron chi connectivity index (χ3n) is 8.33. The summed E-state index contributed by atoms with van der Waals surface area (Å²) in [5.41, 5.74) is 7.46. The van der Waals surface area contributed by atoms with E-state index in [2.05, 4.69) is 10.3 Å². The van der Waals surface area contributed by atoms with Gasteiger partial charge in [0.15, 0.2) is 21.4 Å². The lowest BCUT2D eigenvalue weighted by Gasteiger charge is -2.33. The fraction of sp³-hybridized carbons (Fsp3) is 0.324. The summed E-state index contributed by atoms with van der Waals surface area (Å²) in [6.07, 6.45) is 1.92. The number of fused-ring (bicyclic) bond motifs is 1. The standard InChI is InChI=1S/C34H38FN5O5S/c1-5-45-28-20-22(11-14-27(28)35)30(38-23-12-13-24-21(19-23)15-17-37-32(24)36)34(42)40-18-16-26(33(41)39(3)4)31(40)25-9-7-8-10-29(25)46(43,44)6-2/h7-15,17,19-20,26,30-31,38H,5-6,16,18H2,1-4H3,(H2,36,37)/t26-,30?,31-/m0/s1. The molecule has 1 unspecified atom stereocenters. The van der Waals surface area contributed by atoms with Crippen molar-refractivity contribution >= 4 is 43.9 Å². The highest BCUT2D eigenvalue weighted by Gasteiger charge is 2.46. The number of anilines is 2. The Hall–Kier alpha value is -4.71. The molecule has 3 atom stereocenters. The number of nitrogens with zero attached hydrogens (tertiary/aromatic N) is 3. The molecule has 3 aromatic carbocycles. The van der Waals surface area contributed by atoms with E-state index >= 15 is 0 Å². The quantitative estimate of drug-likeness (QED) is 0.246. The lowest BCUT2D eigenvalue weighted by Crippen LogP contribution is -2.41. The first-order valence-electron chi connectivity index (χ1n) is 15.1. The molecular weight excluding hydrogens is 609 g/mol. The van der Waals surface area contributed by atoms with E-state index in [0.717, 1.165) is 10.8 Å². The minimum Gasteiger partial charge on any atom is -0.491 e. The first kappa shape index (κ1) is 32.7. The van der Waals surface area contributed by atoms with Crippen LogP contribution in [0.15, 0.2) is 77.8 Å². The maximum absolute atomic E-state index is 14.8. The van der Waals surface area contributed by atoms with Gasteiger partial charge in [-0.05, 0) is 72.3 Å². The lowest BCUT2D eigenvalue weighted by molar-refractivity contribution is -0.137. The number of halogens is 1. The van der Waals surface area contributed by atoms with E-state index in [0.29, 0.717) is 29.1 Å². The van der Waals surface area contributed by atoms with Gasteiger partial charge in [-0.25, -0.2) is 17.8 Å². The van der Waals surface area contributed by atoms with Crippen molar-refractivity contribution in [3.63, 3.8) is 0 Å². The van der Waals surface area contributed by atoms with Crippen molar-refractivity contribution in [2.45, 2.75) is 37.2 Å². The van der Waals surface area contributed by atoms with E-state index in [9.17, 15) is 22.4 Å². The summed E-state index contributed by atoms with van der Waals surface area (Å²) in [4.78, 5) is 35.6. The molecule has 4 aromatic rings. The number of amides is 2. The third-order valence-corrected chi connectivity index (χ3v) is 10.1. The first-order valence-corrected chi connectivity index (χ1v) is 16.8. The van der Waals surface area contributed by atoms with E-state index in [1.807, 2.05) is 6.07 Å². The third kappa shape index (κ3) is 6.34. The van der Waals surface area contributed by atoms with Gasteiger partial charge in [-0.1, -0.05) is 31.2 Å². The molecule has 2 heterocycles.